The molecule has 1 N–H and O–H groups in total. The fraction of sp³-hybridized carbons (Fsp3) is 0.889. The lowest BCUT2D eigenvalue weighted by Gasteiger charge is -2.26. The van der Waals surface area contributed by atoms with E-state index in [9.17, 15) is 9.90 Å². The van der Waals surface area contributed by atoms with Gasteiger partial charge in [0.1, 0.15) is 18.8 Å². The van der Waals surface area contributed by atoms with Crippen molar-refractivity contribution in [3.8, 4) is 0 Å². The smallest absolute Gasteiger partial charge is 0.410 e. The fourth-order valence-corrected chi connectivity index (χ4v) is 2.38. The van der Waals surface area contributed by atoms with Gasteiger partial charge in [0.25, 0.3) is 0 Å². The summed E-state index contributed by atoms with van der Waals surface area (Å²) in [6, 6.07) is -0.196. The van der Waals surface area contributed by atoms with Gasteiger partial charge < -0.3 is 14.6 Å². The first-order chi connectivity index (χ1) is 6.77. The second-order valence-corrected chi connectivity index (χ2v) is 4.11. The molecule has 0 spiro atoms. The molecule has 3 saturated heterocycles. The van der Waals surface area contributed by atoms with E-state index in [4.69, 9.17) is 9.47 Å². The molecule has 5 heteroatoms. The van der Waals surface area contributed by atoms with Crippen molar-refractivity contribution in [3.63, 3.8) is 0 Å². The highest BCUT2D eigenvalue weighted by atomic mass is 16.6. The van der Waals surface area contributed by atoms with Crippen LogP contribution in [0.2, 0.25) is 0 Å². The van der Waals surface area contributed by atoms with Crippen molar-refractivity contribution in [2.24, 2.45) is 0 Å². The molecule has 3 fully saturated rings. The average molecular weight is 199 g/mol. The van der Waals surface area contributed by atoms with E-state index in [2.05, 4.69) is 0 Å². The van der Waals surface area contributed by atoms with Crippen LogP contribution >= 0.6 is 0 Å². The van der Waals surface area contributed by atoms with Crippen molar-refractivity contribution in [1.29, 1.82) is 0 Å². The number of rotatable bonds is 0. The number of carbonyl (C=O) groups is 1. The predicted molar refractivity (Wildman–Crippen MR) is 45.7 cm³/mol. The number of nitrogens with zero attached hydrogens (tertiary/aromatic N) is 1. The lowest BCUT2D eigenvalue weighted by atomic mass is 10.0. The molecule has 3 aliphatic heterocycles. The minimum atomic E-state index is -0.577. The molecule has 3 aliphatic rings. The zero-order valence-electron chi connectivity index (χ0n) is 7.76. The maximum absolute atomic E-state index is 11.3. The molecule has 0 aromatic rings. The van der Waals surface area contributed by atoms with Gasteiger partial charge in [0, 0.05) is 6.54 Å². The summed E-state index contributed by atoms with van der Waals surface area (Å²) in [7, 11) is 0. The molecule has 14 heavy (non-hydrogen) atoms. The van der Waals surface area contributed by atoms with Gasteiger partial charge in [0.15, 0.2) is 0 Å². The number of aliphatic hydroxyl groups is 1. The van der Waals surface area contributed by atoms with E-state index in [0.29, 0.717) is 13.2 Å². The highest BCUT2D eigenvalue weighted by molar-refractivity contribution is 5.70. The number of epoxide rings is 1. The third kappa shape index (κ3) is 1.12. The van der Waals surface area contributed by atoms with E-state index < -0.39 is 6.10 Å². The molecule has 0 bridgehead atoms. The van der Waals surface area contributed by atoms with Gasteiger partial charge in [0.05, 0.1) is 12.1 Å². The quantitative estimate of drug-likeness (QED) is 0.545. The molecule has 3 heterocycles. The van der Waals surface area contributed by atoms with Crippen molar-refractivity contribution in [1.82, 2.24) is 4.90 Å². The summed E-state index contributed by atoms with van der Waals surface area (Å²) >= 11 is 0. The highest BCUT2D eigenvalue weighted by Gasteiger charge is 2.52. The maximum Gasteiger partial charge on any atom is 0.410 e. The average Bonchev–Trinajstić information content (AvgIpc) is 2.82. The molecular formula is C9H13NO4. The Bertz CT molecular complexity index is 270. The van der Waals surface area contributed by atoms with Crippen LogP contribution in [-0.4, -0.2) is 53.6 Å². The predicted octanol–water partition coefficient (Wildman–Crippen LogP) is -0.271. The Morgan fingerprint density at radius 3 is 3.21 bits per heavy atom. The Labute approximate surface area is 81.6 Å². The lowest BCUT2D eigenvalue weighted by Crippen LogP contribution is -2.46. The Morgan fingerprint density at radius 1 is 1.50 bits per heavy atom. The third-order valence-corrected chi connectivity index (χ3v) is 3.25. The first kappa shape index (κ1) is 8.49. The topological polar surface area (TPSA) is 62.3 Å². The van der Waals surface area contributed by atoms with Gasteiger partial charge in [-0.25, -0.2) is 4.79 Å². The molecule has 0 aromatic carbocycles. The van der Waals surface area contributed by atoms with Crippen LogP contribution in [0.1, 0.15) is 12.8 Å². The highest BCUT2D eigenvalue weighted by Crippen LogP contribution is 2.35. The van der Waals surface area contributed by atoms with Gasteiger partial charge in [-0.2, -0.15) is 0 Å². The number of carbonyl (C=O) groups excluding carboxylic acids is 1. The van der Waals surface area contributed by atoms with E-state index in [1.54, 1.807) is 4.90 Å². The minimum absolute atomic E-state index is 0.0719. The summed E-state index contributed by atoms with van der Waals surface area (Å²) in [4.78, 5) is 12.9. The standard InChI is InChI=1S/C9H13NO4/c11-7-5-4-13-9(12)10(5)3-1-2-6-8(7)14-6/h5-8,11H,1-4H2/t5-,6-,7-,8-/m1/s1. The van der Waals surface area contributed by atoms with Crippen LogP contribution in [-0.2, 0) is 9.47 Å². The Kier molecular flexibility index (Phi) is 1.72. The number of amides is 1. The fourth-order valence-electron chi connectivity index (χ4n) is 2.38. The van der Waals surface area contributed by atoms with E-state index >= 15 is 0 Å². The molecule has 3 rings (SSSR count). The SMILES string of the molecule is O=C1OC[C@@H]2[C@@H](O)[C@@H]3O[C@@H]3CCCN12. The van der Waals surface area contributed by atoms with Gasteiger partial charge in [-0.05, 0) is 12.8 Å². The number of aliphatic hydroxyl groups excluding tert-OH is 1. The molecule has 0 radical (unpaired) electrons. The molecule has 0 unspecified atom stereocenters. The van der Waals surface area contributed by atoms with Crippen molar-refractivity contribution >= 4 is 6.09 Å². The zero-order chi connectivity index (χ0) is 9.71. The Morgan fingerprint density at radius 2 is 2.36 bits per heavy atom. The van der Waals surface area contributed by atoms with Crippen molar-refractivity contribution in [3.05, 3.63) is 0 Å². The van der Waals surface area contributed by atoms with Crippen LogP contribution in [0, 0.1) is 0 Å². The molecule has 78 valence electrons. The minimum Gasteiger partial charge on any atom is -0.447 e. The van der Waals surface area contributed by atoms with Crippen LogP contribution in [0.5, 0.6) is 0 Å². The van der Waals surface area contributed by atoms with Crippen LogP contribution in [0.4, 0.5) is 4.79 Å². The molecule has 5 nitrogen and oxygen atoms in total. The summed E-state index contributed by atoms with van der Waals surface area (Å²) in [5.41, 5.74) is 0. The van der Waals surface area contributed by atoms with Crippen molar-refractivity contribution in [2.75, 3.05) is 13.2 Å². The summed E-state index contributed by atoms with van der Waals surface area (Å²) in [5.74, 6) is 0. The van der Waals surface area contributed by atoms with E-state index in [1.165, 1.54) is 0 Å². The summed E-state index contributed by atoms with van der Waals surface area (Å²) in [5, 5.41) is 9.91. The summed E-state index contributed by atoms with van der Waals surface area (Å²) in [6.45, 7) is 0.972. The van der Waals surface area contributed by atoms with Crippen molar-refractivity contribution < 1.29 is 19.4 Å². The Hall–Kier alpha value is -0.810. The summed E-state index contributed by atoms with van der Waals surface area (Å²) < 4.78 is 10.3. The zero-order valence-corrected chi connectivity index (χ0v) is 7.76. The number of fused-ring (bicyclic) bond motifs is 2. The number of cyclic esters (lactones) is 1. The van der Waals surface area contributed by atoms with Crippen molar-refractivity contribution in [2.45, 2.75) is 37.2 Å². The van der Waals surface area contributed by atoms with E-state index in [1.807, 2.05) is 0 Å². The Balaban J connectivity index is 1.81. The number of hydrogen-bond acceptors (Lipinski definition) is 4. The van der Waals surface area contributed by atoms with E-state index in [0.717, 1.165) is 12.8 Å². The first-order valence-corrected chi connectivity index (χ1v) is 5.04. The molecule has 0 aromatic heterocycles. The maximum atomic E-state index is 11.3. The molecule has 0 aliphatic carbocycles. The normalized spacial score (nSPS) is 46.1. The van der Waals surface area contributed by atoms with Gasteiger partial charge in [-0.1, -0.05) is 0 Å². The first-order valence-electron chi connectivity index (χ1n) is 5.04. The van der Waals surface area contributed by atoms with E-state index in [-0.39, 0.29) is 24.3 Å². The van der Waals surface area contributed by atoms with Crippen LogP contribution in [0.25, 0.3) is 0 Å². The van der Waals surface area contributed by atoms with Crippen LogP contribution in [0.15, 0.2) is 0 Å². The van der Waals surface area contributed by atoms with Crippen LogP contribution in [0.3, 0.4) is 0 Å². The third-order valence-electron chi connectivity index (χ3n) is 3.25. The molecule has 0 saturated carbocycles. The van der Waals surface area contributed by atoms with Gasteiger partial charge in [-0.3, -0.25) is 4.90 Å². The summed E-state index contributed by atoms with van der Waals surface area (Å²) in [6.07, 6.45) is 1.12. The lowest BCUT2D eigenvalue weighted by molar-refractivity contribution is 0.0607. The molecule has 1 amide bonds. The monoisotopic (exact) mass is 199 g/mol. The van der Waals surface area contributed by atoms with Gasteiger partial charge >= 0.3 is 6.09 Å². The van der Waals surface area contributed by atoms with Gasteiger partial charge in [-0.15, -0.1) is 0 Å². The number of hydrogen-bond donors (Lipinski definition) is 1. The second-order valence-electron chi connectivity index (χ2n) is 4.11. The molecular weight excluding hydrogens is 186 g/mol. The second kappa shape index (κ2) is 2.84. The molecule has 4 atom stereocenters. The largest absolute Gasteiger partial charge is 0.447 e. The number of ether oxygens (including phenoxy) is 2. The van der Waals surface area contributed by atoms with Crippen LogP contribution < -0.4 is 0 Å². The van der Waals surface area contributed by atoms with Gasteiger partial charge in [0.2, 0.25) is 0 Å².